The molecule has 4 heteroatoms. The predicted molar refractivity (Wildman–Crippen MR) is 55.7 cm³/mol. The molecular weight excluding hydrogens is 194 g/mol. The van der Waals surface area contributed by atoms with Crippen LogP contribution in [-0.4, -0.2) is 39.2 Å². The quantitative estimate of drug-likeness (QED) is 0.653. The second-order valence-electron chi connectivity index (χ2n) is 4.14. The van der Waals surface area contributed by atoms with E-state index in [1.54, 1.807) is 0 Å². The van der Waals surface area contributed by atoms with Crippen LogP contribution in [0.3, 0.4) is 0 Å². The normalized spacial score (nSPS) is 32.4. The average Bonchev–Trinajstić information content (AvgIpc) is 2.18. The second-order valence-corrected chi connectivity index (χ2v) is 5.26. The molecule has 0 aromatic carbocycles. The summed E-state index contributed by atoms with van der Waals surface area (Å²) in [6, 6.07) is 1.53. The number of carbonyl (C=O) groups is 1. The first-order valence-corrected chi connectivity index (χ1v) is 7.14. The van der Waals surface area contributed by atoms with Gasteiger partial charge in [0.25, 0.3) is 0 Å². The highest BCUT2D eigenvalue weighted by atomic mass is 28.2. The van der Waals surface area contributed by atoms with E-state index in [4.69, 9.17) is 4.74 Å². The van der Waals surface area contributed by atoms with E-state index in [9.17, 15) is 4.79 Å². The zero-order valence-corrected chi connectivity index (χ0v) is 9.66. The fourth-order valence-electron chi connectivity index (χ4n) is 2.40. The van der Waals surface area contributed by atoms with Gasteiger partial charge in [-0.3, -0.25) is 0 Å². The minimum atomic E-state index is -0.0656. The summed E-state index contributed by atoms with van der Waals surface area (Å²) < 4.78 is 5.39. The van der Waals surface area contributed by atoms with Gasteiger partial charge in [-0.2, -0.15) is 0 Å². The molecule has 0 aliphatic carbocycles. The molecule has 2 heterocycles. The molecule has 2 rings (SSSR count). The summed E-state index contributed by atoms with van der Waals surface area (Å²) in [5.41, 5.74) is 0. The maximum atomic E-state index is 11.6. The van der Waals surface area contributed by atoms with E-state index in [0.717, 1.165) is 35.0 Å². The van der Waals surface area contributed by atoms with E-state index >= 15 is 0 Å². The van der Waals surface area contributed by atoms with E-state index in [-0.39, 0.29) is 12.2 Å². The molecule has 2 aliphatic rings. The second kappa shape index (κ2) is 4.34. The fourth-order valence-corrected chi connectivity index (χ4v) is 3.11. The van der Waals surface area contributed by atoms with Gasteiger partial charge in [-0.1, -0.05) is 6.55 Å². The first-order valence-electron chi connectivity index (χ1n) is 5.43. The van der Waals surface area contributed by atoms with Crippen LogP contribution < -0.4 is 0 Å². The Morgan fingerprint density at radius 2 is 2.43 bits per heavy atom. The molecule has 0 aromatic rings. The van der Waals surface area contributed by atoms with Crippen LogP contribution in [0.25, 0.3) is 0 Å². The highest BCUT2D eigenvalue weighted by Crippen LogP contribution is 2.28. The van der Waals surface area contributed by atoms with Gasteiger partial charge < -0.3 is 9.64 Å². The lowest BCUT2D eigenvalue weighted by molar-refractivity contribution is -0.00546. The molecule has 2 unspecified atom stereocenters. The molecule has 2 fully saturated rings. The maximum absolute atomic E-state index is 11.6. The summed E-state index contributed by atoms with van der Waals surface area (Å²) in [5.74, 6) is 0. The first-order chi connectivity index (χ1) is 6.81. The third-order valence-corrected chi connectivity index (χ3v) is 3.96. The Kier molecular flexibility index (Phi) is 3.11. The van der Waals surface area contributed by atoms with Crippen molar-refractivity contribution in [3.63, 3.8) is 0 Å². The van der Waals surface area contributed by atoms with E-state index in [1.807, 2.05) is 4.90 Å². The average molecular weight is 211 g/mol. The molecule has 1 amide bonds. The highest BCUT2D eigenvalue weighted by Gasteiger charge is 2.35. The van der Waals surface area contributed by atoms with Gasteiger partial charge in [0.1, 0.15) is 6.10 Å². The highest BCUT2D eigenvalue weighted by molar-refractivity contribution is 6.33. The van der Waals surface area contributed by atoms with Crippen LogP contribution in [-0.2, 0) is 4.74 Å². The zero-order chi connectivity index (χ0) is 9.97. The van der Waals surface area contributed by atoms with Crippen molar-refractivity contribution in [1.29, 1.82) is 0 Å². The molecule has 2 aliphatic heterocycles. The van der Waals surface area contributed by atoms with Crippen LogP contribution >= 0.6 is 0 Å². The van der Waals surface area contributed by atoms with Gasteiger partial charge in [0.15, 0.2) is 0 Å². The Labute approximate surface area is 87.6 Å². The zero-order valence-electron chi connectivity index (χ0n) is 8.66. The molecule has 0 spiro atoms. The van der Waals surface area contributed by atoms with Crippen LogP contribution in [0.5, 0.6) is 0 Å². The lowest BCUT2D eigenvalue weighted by Crippen LogP contribution is -2.51. The first kappa shape index (κ1) is 10.0. The lowest BCUT2D eigenvalue weighted by Gasteiger charge is -2.41. The van der Waals surface area contributed by atoms with Crippen LogP contribution in [0.4, 0.5) is 4.79 Å². The number of cyclic esters (lactones) is 1. The Balaban J connectivity index is 1.97. The molecule has 78 valence electrons. The molecule has 0 bridgehead atoms. The van der Waals surface area contributed by atoms with Gasteiger partial charge in [0.2, 0.25) is 0 Å². The van der Waals surface area contributed by atoms with Crippen molar-refractivity contribution in [2.45, 2.75) is 50.4 Å². The summed E-state index contributed by atoms with van der Waals surface area (Å²) in [5, 5.41) is 0. The van der Waals surface area contributed by atoms with Gasteiger partial charge in [-0.05, 0) is 25.3 Å². The minimum absolute atomic E-state index is 0.0656. The third-order valence-electron chi connectivity index (χ3n) is 3.10. The number of piperidine rings is 1. The minimum Gasteiger partial charge on any atom is -0.446 e. The van der Waals surface area contributed by atoms with Crippen molar-refractivity contribution < 1.29 is 9.53 Å². The van der Waals surface area contributed by atoms with E-state index in [0.29, 0.717) is 6.04 Å². The molecule has 14 heavy (non-hydrogen) atoms. The number of rotatable bonds is 2. The number of amides is 1. The molecule has 0 saturated carbocycles. The Bertz CT molecular complexity index is 222. The maximum Gasteiger partial charge on any atom is 0.410 e. The van der Waals surface area contributed by atoms with Crippen molar-refractivity contribution in [2.75, 3.05) is 6.54 Å². The van der Waals surface area contributed by atoms with Gasteiger partial charge in [0, 0.05) is 28.5 Å². The van der Waals surface area contributed by atoms with Crippen LogP contribution in [0.2, 0.25) is 12.6 Å². The van der Waals surface area contributed by atoms with Crippen LogP contribution in [0.1, 0.15) is 25.7 Å². The molecule has 0 N–H and O–H groups in total. The van der Waals surface area contributed by atoms with Crippen LogP contribution in [0.15, 0.2) is 0 Å². The van der Waals surface area contributed by atoms with Crippen molar-refractivity contribution in [1.82, 2.24) is 4.90 Å². The molecule has 2 radical (unpaired) electrons. The van der Waals surface area contributed by atoms with Crippen molar-refractivity contribution in [3.05, 3.63) is 0 Å². The van der Waals surface area contributed by atoms with Gasteiger partial charge in [-0.15, -0.1) is 0 Å². The number of fused-ring (bicyclic) bond motifs is 1. The molecule has 3 nitrogen and oxygen atoms in total. The summed E-state index contributed by atoms with van der Waals surface area (Å²) in [6.45, 7) is 3.08. The number of hydrogen-bond acceptors (Lipinski definition) is 2. The Morgan fingerprint density at radius 1 is 1.57 bits per heavy atom. The van der Waals surface area contributed by atoms with Crippen LogP contribution in [0, 0.1) is 0 Å². The Morgan fingerprint density at radius 3 is 3.21 bits per heavy atom. The summed E-state index contributed by atoms with van der Waals surface area (Å²) >= 11 is 0. The molecule has 2 saturated heterocycles. The summed E-state index contributed by atoms with van der Waals surface area (Å²) in [6.07, 6.45) is 4.79. The number of carbonyl (C=O) groups excluding carboxylic acids is 1. The third kappa shape index (κ3) is 1.94. The summed E-state index contributed by atoms with van der Waals surface area (Å²) in [7, 11) is 0.885. The number of ether oxygens (including phenoxy) is 1. The van der Waals surface area contributed by atoms with Gasteiger partial charge >= 0.3 is 6.09 Å². The van der Waals surface area contributed by atoms with Crippen molar-refractivity contribution in [2.24, 2.45) is 0 Å². The molecule has 2 atom stereocenters. The van der Waals surface area contributed by atoms with E-state index in [1.165, 1.54) is 12.8 Å². The molecule has 0 aromatic heterocycles. The van der Waals surface area contributed by atoms with Crippen molar-refractivity contribution >= 4 is 15.6 Å². The Hall–Kier alpha value is -0.513. The molecular formula is C10H17NO2Si. The van der Waals surface area contributed by atoms with Crippen molar-refractivity contribution in [3.8, 4) is 0 Å². The monoisotopic (exact) mass is 211 g/mol. The predicted octanol–water partition coefficient (Wildman–Crippen LogP) is 1.92. The topological polar surface area (TPSA) is 29.5 Å². The van der Waals surface area contributed by atoms with Gasteiger partial charge in [-0.25, -0.2) is 4.79 Å². The lowest BCUT2D eigenvalue weighted by atomic mass is 9.96. The number of hydrogen-bond donors (Lipinski definition) is 0. The number of nitrogens with zero attached hydrogens (tertiary/aromatic N) is 1. The SMILES string of the molecule is C[Si]CC1CC2CCCCN2C(=O)O1. The fraction of sp³-hybridized carbons (Fsp3) is 0.900. The largest absolute Gasteiger partial charge is 0.446 e. The van der Waals surface area contributed by atoms with E-state index in [2.05, 4.69) is 6.55 Å². The smallest absolute Gasteiger partial charge is 0.410 e. The summed E-state index contributed by atoms with van der Waals surface area (Å²) in [4.78, 5) is 13.5. The van der Waals surface area contributed by atoms with E-state index < -0.39 is 0 Å². The standard InChI is InChI=1S/C10H17NO2Si/c1-14-7-9-6-8-4-2-3-5-11(8)10(12)13-9/h8-9H,2-7H2,1H3. The van der Waals surface area contributed by atoms with Gasteiger partial charge in [0.05, 0.1) is 0 Å².